The number of hydrogen-bond acceptors (Lipinski definition) is 5. The Balaban J connectivity index is 0.00000176. The number of benzene rings is 1. The molecule has 1 aliphatic heterocycles. The lowest BCUT2D eigenvalue weighted by Crippen LogP contribution is -2.30. The van der Waals surface area contributed by atoms with E-state index >= 15 is 0 Å². The fraction of sp³-hybridized carbons (Fsp3) is 0.267. The third kappa shape index (κ3) is 3.15. The molecular formula is C15H18ClN3O3. The normalized spacial score (nSPS) is 20.7. The molecule has 2 aromatic rings. The van der Waals surface area contributed by atoms with Crippen LogP contribution in [0.5, 0.6) is 0 Å². The quantitative estimate of drug-likeness (QED) is 0.869. The number of anilines is 1. The van der Waals surface area contributed by atoms with Crippen molar-refractivity contribution in [3.63, 3.8) is 0 Å². The maximum atomic E-state index is 11.8. The Morgan fingerprint density at radius 3 is 2.45 bits per heavy atom. The van der Waals surface area contributed by atoms with E-state index in [1.165, 1.54) is 6.07 Å². The zero-order valence-corrected chi connectivity index (χ0v) is 12.6. The molecule has 0 radical (unpaired) electrons. The Labute approximate surface area is 134 Å². The average molecular weight is 324 g/mol. The number of rotatable bonds is 3. The zero-order valence-electron chi connectivity index (χ0n) is 11.8. The lowest BCUT2D eigenvalue weighted by Gasteiger charge is -2.20. The van der Waals surface area contributed by atoms with Gasteiger partial charge in [-0.2, -0.15) is 0 Å². The Hall–Kier alpha value is -1.86. The predicted octanol–water partition coefficient (Wildman–Crippen LogP) is 0.699. The van der Waals surface area contributed by atoms with E-state index in [0.29, 0.717) is 13.1 Å². The van der Waals surface area contributed by atoms with Crippen molar-refractivity contribution in [3.05, 3.63) is 59.0 Å². The van der Waals surface area contributed by atoms with E-state index in [1.807, 2.05) is 24.3 Å². The monoisotopic (exact) mass is 323 g/mol. The van der Waals surface area contributed by atoms with Gasteiger partial charge >= 0.3 is 0 Å². The summed E-state index contributed by atoms with van der Waals surface area (Å²) in [6.07, 6.45) is 0.565. The highest BCUT2D eigenvalue weighted by Crippen LogP contribution is 2.24. The molecule has 118 valence electrons. The molecule has 6 nitrogen and oxygen atoms in total. The van der Waals surface area contributed by atoms with E-state index in [1.54, 1.807) is 27.8 Å². The third-order valence-electron chi connectivity index (χ3n) is 3.53. The zero-order chi connectivity index (χ0) is 14.8. The highest BCUT2D eigenvalue weighted by atomic mass is 35.5. The third-order valence-corrected chi connectivity index (χ3v) is 3.53. The van der Waals surface area contributed by atoms with Crippen molar-refractivity contribution >= 4 is 18.1 Å². The van der Waals surface area contributed by atoms with Gasteiger partial charge in [-0.05, 0) is 30.3 Å². The molecule has 3 rings (SSSR count). The summed E-state index contributed by atoms with van der Waals surface area (Å²) in [6.45, 7) is 0.910. The Bertz CT molecular complexity index is 674. The van der Waals surface area contributed by atoms with Gasteiger partial charge in [-0.25, -0.2) is 0 Å². The van der Waals surface area contributed by atoms with Crippen molar-refractivity contribution < 1.29 is 9.84 Å². The largest absolute Gasteiger partial charge is 0.351 e. The minimum Gasteiger partial charge on any atom is -0.351 e. The average Bonchev–Trinajstić information content (AvgIpc) is 2.89. The molecule has 3 N–H and O–H groups in total. The van der Waals surface area contributed by atoms with E-state index in [9.17, 15) is 9.90 Å². The Kier molecular flexibility index (Phi) is 5.20. The van der Waals surface area contributed by atoms with Crippen LogP contribution < -0.4 is 16.2 Å². The molecule has 0 bridgehead atoms. The van der Waals surface area contributed by atoms with Crippen molar-refractivity contribution in [2.75, 3.05) is 18.0 Å². The van der Waals surface area contributed by atoms with Crippen LogP contribution in [-0.4, -0.2) is 35.3 Å². The number of halogens is 1. The molecule has 0 amide bonds. The smallest absolute Gasteiger partial charge is 0.255 e. The molecule has 1 fully saturated rings. The van der Waals surface area contributed by atoms with E-state index in [-0.39, 0.29) is 24.1 Å². The lowest BCUT2D eigenvalue weighted by molar-refractivity contribution is -0.0855. The summed E-state index contributed by atoms with van der Waals surface area (Å²) in [5, 5.41) is 9.87. The van der Waals surface area contributed by atoms with Crippen LogP contribution in [-0.2, 0) is 4.74 Å². The van der Waals surface area contributed by atoms with Gasteiger partial charge in [-0.1, -0.05) is 6.07 Å². The van der Waals surface area contributed by atoms with Gasteiger partial charge in [-0.3, -0.25) is 9.36 Å². The number of aliphatic hydroxyl groups is 1. The summed E-state index contributed by atoms with van der Waals surface area (Å²) in [4.78, 5) is 13.5. The van der Waals surface area contributed by atoms with Crippen LogP contribution in [0.4, 0.5) is 5.69 Å². The second kappa shape index (κ2) is 6.93. The second-order valence-electron chi connectivity index (χ2n) is 4.90. The molecule has 22 heavy (non-hydrogen) atoms. The van der Waals surface area contributed by atoms with Gasteiger partial charge in [0.2, 0.25) is 6.41 Å². The van der Waals surface area contributed by atoms with Gasteiger partial charge in [0.25, 0.3) is 5.56 Å². The van der Waals surface area contributed by atoms with Gasteiger partial charge < -0.3 is 20.5 Å². The fourth-order valence-electron chi connectivity index (χ4n) is 2.41. The highest BCUT2D eigenvalue weighted by molar-refractivity contribution is 5.85. The molecule has 2 heterocycles. The van der Waals surface area contributed by atoms with Gasteiger partial charge in [0.1, 0.15) is 0 Å². The van der Waals surface area contributed by atoms with Crippen LogP contribution in [0, 0.1) is 0 Å². The molecule has 0 aliphatic carbocycles. The summed E-state index contributed by atoms with van der Waals surface area (Å²) in [6, 6.07) is 12.4. The highest BCUT2D eigenvalue weighted by Gasteiger charge is 2.30. The minimum absolute atomic E-state index is 0. The number of pyridine rings is 1. The Morgan fingerprint density at radius 1 is 1.18 bits per heavy atom. The van der Waals surface area contributed by atoms with Gasteiger partial charge in [0.05, 0.1) is 12.6 Å². The van der Waals surface area contributed by atoms with Crippen LogP contribution in [0.1, 0.15) is 0 Å². The maximum absolute atomic E-state index is 11.8. The molecule has 1 aromatic heterocycles. The second-order valence-corrected chi connectivity index (χ2v) is 4.90. The number of nitrogens with two attached hydrogens (primary N) is 1. The fourth-order valence-corrected chi connectivity index (χ4v) is 2.41. The number of nitrogens with zero attached hydrogens (tertiary/aromatic N) is 2. The van der Waals surface area contributed by atoms with Crippen molar-refractivity contribution in [2.24, 2.45) is 5.73 Å². The summed E-state index contributed by atoms with van der Waals surface area (Å²) in [5.41, 5.74) is 7.06. The summed E-state index contributed by atoms with van der Waals surface area (Å²) >= 11 is 0. The van der Waals surface area contributed by atoms with Gasteiger partial charge in [0, 0.05) is 30.2 Å². The summed E-state index contributed by atoms with van der Waals surface area (Å²) in [7, 11) is 0. The Morgan fingerprint density at radius 2 is 1.86 bits per heavy atom. The molecule has 1 aliphatic rings. The topological polar surface area (TPSA) is 80.7 Å². The van der Waals surface area contributed by atoms with E-state index in [2.05, 4.69) is 0 Å². The summed E-state index contributed by atoms with van der Waals surface area (Å²) < 4.78 is 6.87. The van der Waals surface area contributed by atoms with Crippen LogP contribution in [0.2, 0.25) is 0 Å². The van der Waals surface area contributed by atoms with Gasteiger partial charge in [-0.15, -0.1) is 12.4 Å². The first-order chi connectivity index (χ1) is 10.2. The van der Waals surface area contributed by atoms with E-state index in [0.717, 1.165) is 11.4 Å². The van der Waals surface area contributed by atoms with Crippen LogP contribution in [0.15, 0.2) is 53.5 Å². The predicted molar refractivity (Wildman–Crippen MR) is 86.6 cm³/mol. The van der Waals surface area contributed by atoms with Crippen LogP contribution >= 0.6 is 12.4 Å². The van der Waals surface area contributed by atoms with Crippen molar-refractivity contribution in [2.45, 2.75) is 12.5 Å². The van der Waals surface area contributed by atoms with Gasteiger partial charge in [0.15, 0.2) is 0 Å². The molecule has 1 saturated heterocycles. The molecule has 0 spiro atoms. The van der Waals surface area contributed by atoms with E-state index in [4.69, 9.17) is 10.5 Å². The van der Waals surface area contributed by atoms with Crippen molar-refractivity contribution in [1.82, 2.24) is 4.57 Å². The summed E-state index contributed by atoms with van der Waals surface area (Å²) in [5.74, 6) is 0. The maximum Gasteiger partial charge on any atom is 0.255 e. The molecular weight excluding hydrogens is 306 g/mol. The molecule has 0 saturated carbocycles. The number of ether oxygens (including phenoxy) is 1. The van der Waals surface area contributed by atoms with E-state index < -0.39 is 6.41 Å². The van der Waals surface area contributed by atoms with Crippen LogP contribution in [0.25, 0.3) is 5.69 Å². The molecule has 7 heteroatoms. The SMILES string of the molecule is Cl.NC[C@H]1CN(c2ccc(-n3ccccc3=O)cc2)C(O)O1. The standard InChI is InChI=1S/C15H17N3O3.ClH/c16-9-13-10-18(15(20)21-13)12-6-4-11(5-7-12)17-8-2-1-3-14(17)19;/h1-8,13,15,20H,9-10,16H2;1H/t13-,15?;/m0./s1. The first kappa shape index (κ1) is 16.5. The number of aliphatic hydroxyl groups excluding tert-OH is 1. The van der Waals surface area contributed by atoms with Crippen molar-refractivity contribution in [3.8, 4) is 5.69 Å². The molecule has 2 atom stereocenters. The first-order valence-corrected chi connectivity index (χ1v) is 6.77. The number of aromatic nitrogens is 1. The minimum atomic E-state index is -0.983. The first-order valence-electron chi connectivity index (χ1n) is 6.77. The van der Waals surface area contributed by atoms with Crippen molar-refractivity contribution in [1.29, 1.82) is 0 Å². The molecule has 1 aromatic carbocycles. The molecule has 1 unspecified atom stereocenters. The number of hydrogen-bond donors (Lipinski definition) is 2. The lowest BCUT2D eigenvalue weighted by atomic mass is 10.2. The van der Waals surface area contributed by atoms with Crippen LogP contribution in [0.3, 0.4) is 0 Å².